The van der Waals surface area contributed by atoms with E-state index in [0.717, 1.165) is 35.6 Å². The van der Waals surface area contributed by atoms with Gasteiger partial charge in [-0.1, -0.05) is 54.6 Å². The van der Waals surface area contributed by atoms with Gasteiger partial charge in [-0.3, -0.25) is 0 Å². The van der Waals surface area contributed by atoms with Crippen LogP contribution in [0.4, 0.5) is 17.6 Å². The Kier molecular flexibility index (Phi) is 5.76. The SMILES string of the molecule is Cc1ccc(C2=CCC(c3ccc(Cc4cccc(F)c4F)cc3)CC2)c(F)c1F. The molecule has 1 unspecified atom stereocenters. The van der Waals surface area contributed by atoms with Gasteiger partial charge in [0.1, 0.15) is 0 Å². The molecule has 3 aromatic carbocycles. The highest BCUT2D eigenvalue weighted by atomic mass is 19.2. The van der Waals surface area contributed by atoms with Gasteiger partial charge in [-0.25, -0.2) is 17.6 Å². The average molecular weight is 410 g/mol. The average Bonchev–Trinajstić information content (AvgIpc) is 2.76. The third kappa shape index (κ3) is 4.04. The zero-order valence-electron chi connectivity index (χ0n) is 16.7. The van der Waals surface area contributed by atoms with Crippen LogP contribution in [0.15, 0.2) is 60.7 Å². The summed E-state index contributed by atoms with van der Waals surface area (Å²) in [5.41, 5.74) is 3.91. The summed E-state index contributed by atoms with van der Waals surface area (Å²) in [7, 11) is 0. The first-order valence-corrected chi connectivity index (χ1v) is 10.1. The van der Waals surface area contributed by atoms with Gasteiger partial charge in [0.15, 0.2) is 23.3 Å². The minimum absolute atomic E-state index is 0.298. The normalized spacial score (nSPS) is 16.4. The van der Waals surface area contributed by atoms with E-state index in [2.05, 4.69) is 0 Å². The van der Waals surface area contributed by atoms with Crippen molar-refractivity contribution in [1.82, 2.24) is 0 Å². The molecule has 0 aliphatic heterocycles. The van der Waals surface area contributed by atoms with E-state index in [4.69, 9.17) is 0 Å². The Morgan fingerprint density at radius 3 is 2.30 bits per heavy atom. The fraction of sp³-hybridized carbons (Fsp3) is 0.231. The zero-order valence-corrected chi connectivity index (χ0v) is 16.7. The summed E-state index contributed by atoms with van der Waals surface area (Å²) >= 11 is 0. The molecule has 0 fully saturated rings. The van der Waals surface area contributed by atoms with Crippen molar-refractivity contribution in [2.75, 3.05) is 0 Å². The maximum Gasteiger partial charge on any atom is 0.166 e. The van der Waals surface area contributed by atoms with Gasteiger partial charge in [-0.2, -0.15) is 0 Å². The predicted octanol–water partition coefficient (Wildman–Crippen LogP) is 7.49. The van der Waals surface area contributed by atoms with Gasteiger partial charge >= 0.3 is 0 Å². The Morgan fingerprint density at radius 1 is 0.833 bits per heavy atom. The molecule has 4 rings (SSSR count). The standard InChI is InChI=1S/C26H22F4/c1-16-5-14-22(26(30)24(16)28)20-12-10-19(11-13-20)18-8-6-17(7-9-18)15-21-3-2-4-23(27)25(21)29/h2-9,12,14,19H,10-11,13,15H2,1H3. The second-order valence-electron chi connectivity index (χ2n) is 7.89. The Hall–Kier alpha value is -2.88. The van der Waals surface area contributed by atoms with Crippen molar-refractivity contribution in [2.24, 2.45) is 0 Å². The maximum atomic E-state index is 14.3. The van der Waals surface area contributed by atoms with Crippen molar-refractivity contribution in [1.29, 1.82) is 0 Å². The minimum Gasteiger partial charge on any atom is -0.204 e. The van der Waals surface area contributed by atoms with Gasteiger partial charge in [0.25, 0.3) is 0 Å². The van der Waals surface area contributed by atoms with Gasteiger partial charge < -0.3 is 0 Å². The molecule has 154 valence electrons. The highest BCUT2D eigenvalue weighted by molar-refractivity contribution is 5.67. The van der Waals surface area contributed by atoms with Crippen LogP contribution in [0, 0.1) is 30.2 Å². The summed E-state index contributed by atoms with van der Waals surface area (Å²) < 4.78 is 55.4. The summed E-state index contributed by atoms with van der Waals surface area (Å²) in [6.45, 7) is 1.56. The molecule has 30 heavy (non-hydrogen) atoms. The largest absolute Gasteiger partial charge is 0.204 e. The summed E-state index contributed by atoms with van der Waals surface area (Å²) in [6, 6.07) is 15.4. The zero-order chi connectivity index (χ0) is 21.3. The molecule has 1 atom stereocenters. The van der Waals surface area contributed by atoms with Gasteiger partial charge in [0.05, 0.1) is 0 Å². The number of rotatable bonds is 4. The van der Waals surface area contributed by atoms with Crippen LogP contribution in [0.5, 0.6) is 0 Å². The maximum absolute atomic E-state index is 14.3. The smallest absolute Gasteiger partial charge is 0.166 e. The van der Waals surface area contributed by atoms with Gasteiger partial charge in [-0.05, 0) is 66.0 Å². The summed E-state index contributed by atoms with van der Waals surface area (Å²) in [4.78, 5) is 0. The lowest BCUT2D eigenvalue weighted by Gasteiger charge is -2.23. The van der Waals surface area contributed by atoms with Crippen LogP contribution in [0.3, 0.4) is 0 Å². The number of benzene rings is 3. The van der Waals surface area contributed by atoms with E-state index in [1.54, 1.807) is 25.1 Å². The lowest BCUT2D eigenvalue weighted by Crippen LogP contribution is -2.06. The lowest BCUT2D eigenvalue weighted by molar-refractivity contribution is 0.499. The number of hydrogen-bond acceptors (Lipinski definition) is 0. The van der Waals surface area contributed by atoms with Crippen molar-refractivity contribution < 1.29 is 17.6 Å². The second-order valence-corrected chi connectivity index (χ2v) is 7.89. The molecule has 0 spiro atoms. The number of aryl methyl sites for hydroxylation is 1. The van der Waals surface area contributed by atoms with Crippen LogP contribution in [0.25, 0.3) is 5.57 Å². The summed E-state index contributed by atoms with van der Waals surface area (Å²) in [5.74, 6) is -2.88. The summed E-state index contributed by atoms with van der Waals surface area (Å²) in [6.07, 6.45) is 4.61. The van der Waals surface area contributed by atoms with Crippen LogP contribution in [0.1, 0.15) is 53.0 Å². The first-order chi connectivity index (χ1) is 14.4. The number of hydrogen-bond donors (Lipinski definition) is 0. The Bertz CT molecular complexity index is 1100. The molecule has 4 heteroatoms. The van der Waals surface area contributed by atoms with Crippen molar-refractivity contribution in [2.45, 2.75) is 38.5 Å². The number of allylic oxidation sites excluding steroid dienone is 2. The van der Waals surface area contributed by atoms with Crippen LogP contribution in [-0.2, 0) is 6.42 Å². The molecular weight excluding hydrogens is 388 g/mol. The first-order valence-electron chi connectivity index (χ1n) is 10.1. The first kappa shape index (κ1) is 20.4. The molecule has 0 heterocycles. The van der Waals surface area contributed by atoms with Crippen molar-refractivity contribution in [3.05, 3.63) is 112 Å². The van der Waals surface area contributed by atoms with E-state index in [-0.39, 0.29) is 0 Å². The third-order valence-electron chi connectivity index (χ3n) is 5.91. The quantitative estimate of drug-likeness (QED) is 0.391. The lowest BCUT2D eigenvalue weighted by atomic mass is 9.82. The van der Waals surface area contributed by atoms with E-state index in [1.165, 1.54) is 6.07 Å². The highest BCUT2D eigenvalue weighted by Gasteiger charge is 2.21. The van der Waals surface area contributed by atoms with E-state index in [9.17, 15) is 17.6 Å². The van der Waals surface area contributed by atoms with Crippen molar-refractivity contribution >= 4 is 5.57 Å². The van der Waals surface area contributed by atoms with E-state index < -0.39 is 23.3 Å². The van der Waals surface area contributed by atoms with E-state index >= 15 is 0 Å². The molecule has 0 nitrogen and oxygen atoms in total. The monoisotopic (exact) mass is 410 g/mol. The van der Waals surface area contributed by atoms with Crippen LogP contribution in [0.2, 0.25) is 0 Å². The summed E-state index contributed by atoms with van der Waals surface area (Å²) in [5, 5.41) is 0. The van der Waals surface area contributed by atoms with Gasteiger partial charge in [0.2, 0.25) is 0 Å². The second kappa shape index (κ2) is 8.47. The topological polar surface area (TPSA) is 0 Å². The minimum atomic E-state index is -0.834. The molecule has 0 amide bonds. The molecule has 1 aliphatic carbocycles. The van der Waals surface area contributed by atoms with E-state index in [1.807, 2.05) is 30.3 Å². The molecule has 0 saturated heterocycles. The molecule has 0 bridgehead atoms. The van der Waals surface area contributed by atoms with Crippen molar-refractivity contribution in [3.63, 3.8) is 0 Å². The molecule has 0 aromatic heterocycles. The van der Waals surface area contributed by atoms with Crippen LogP contribution < -0.4 is 0 Å². The molecule has 3 aromatic rings. The predicted molar refractivity (Wildman–Crippen MR) is 111 cm³/mol. The van der Waals surface area contributed by atoms with Crippen LogP contribution >= 0.6 is 0 Å². The fourth-order valence-electron chi connectivity index (χ4n) is 4.09. The highest BCUT2D eigenvalue weighted by Crippen LogP contribution is 2.37. The van der Waals surface area contributed by atoms with E-state index in [0.29, 0.717) is 35.4 Å². The number of halogens is 4. The fourth-order valence-corrected chi connectivity index (χ4v) is 4.09. The third-order valence-corrected chi connectivity index (χ3v) is 5.91. The Labute approximate surface area is 173 Å². The molecule has 0 saturated carbocycles. The van der Waals surface area contributed by atoms with Gasteiger partial charge in [0, 0.05) is 12.0 Å². The van der Waals surface area contributed by atoms with Crippen LogP contribution in [-0.4, -0.2) is 0 Å². The van der Waals surface area contributed by atoms with Crippen molar-refractivity contribution in [3.8, 4) is 0 Å². The molecule has 1 aliphatic rings. The van der Waals surface area contributed by atoms with Gasteiger partial charge in [-0.15, -0.1) is 0 Å². The molecular formula is C26H22F4. The Morgan fingerprint density at radius 2 is 1.60 bits per heavy atom. The Balaban J connectivity index is 1.46. The molecule has 0 radical (unpaired) electrons. The molecule has 0 N–H and O–H groups in total.